The summed E-state index contributed by atoms with van der Waals surface area (Å²) in [4.78, 5) is 37.8. The highest BCUT2D eigenvalue weighted by Gasteiger charge is 2.46. The van der Waals surface area contributed by atoms with E-state index in [1.54, 1.807) is 38.1 Å². The van der Waals surface area contributed by atoms with Gasteiger partial charge in [-0.3, -0.25) is 9.59 Å². The van der Waals surface area contributed by atoms with Gasteiger partial charge in [-0.15, -0.1) is 0 Å². The largest absolute Gasteiger partial charge is 0.507 e. The van der Waals surface area contributed by atoms with E-state index < -0.39 is 17.7 Å². The van der Waals surface area contributed by atoms with Crippen LogP contribution in [0.5, 0.6) is 0 Å². The molecule has 158 valence electrons. The lowest BCUT2D eigenvalue weighted by molar-refractivity contribution is -0.139. The fourth-order valence-corrected chi connectivity index (χ4v) is 3.75. The van der Waals surface area contributed by atoms with Crippen LogP contribution in [0.1, 0.15) is 35.1 Å². The average Bonchev–Trinajstić information content (AvgIpc) is 2.93. The quantitative estimate of drug-likeness (QED) is 0.432. The van der Waals surface area contributed by atoms with Gasteiger partial charge >= 0.3 is 0 Å². The lowest BCUT2D eigenvalue weighted by Crippen LogP contribution is -2.32. The summed E-state index contributed by atoms with van der Waals surface area (Å²) in [6, 6.07) is 6.24. The molecule has 0 spiro atoms. The zero-order valence-corrected chi connectivity index (χ0v) is 18.3. The Bertz CT molecular complexity index is 1000. The van der Waals surface area contributed by atoms with Gasteiger partial charge in [0.05, 0.1) is 22.9 Å². The van der Waals surface area contributed by atoms with Gasteiger partial charge in [0.25, 0.3) is 11.7 Å². The Morgan fingerprint density at radius 3 is 2.47 bits per heavy atom. The molecule has 1 aromatic heterocycles. The lowest BCUT2D eigenvalue weighted by Gasteiger charge is -2.26. The van der Waals surface area contributed by atoms with Crippen LogP contribution in [0.3, 0.4) is 0 Å². The predicted octanol–water partition coefficient (Wildman–Crippen LogP) is 3.12. The molecular formula is C22H25ClN4O3. The average molecular weight is 429 g/mol. The number of halogens is 1. The number of carbonyl (C=O) groups is 2. The first-order valence-corrected chi connectivity index (χ1v) is 10.1. The summed E-state index contributed by atoms with van der Waals surface area (Å²) in [6.07, 6.45) is 2.17. The SMILES string of the molecule is Cc1ncc(C(O)=C2C(=O)C(=O)N(CCCN(C)C)[C@H]2c2ccc(Cl)cc2)c(C)n1. The van der Waals surface area contributed by atoms with E-state index in [4.69, 9.17) is 11.6 Å². The second kappa shape index (κ2) is 8.93. The third-order valence-electron chi connectivity index (χ3n) is 5.08. The Balaban J connectivity index is 2.12. The zero-order chi connectivity index (χ0) is 22.0. The van der Waals surface area contributed by atoms with E-state index in [0.29, 0.717) is 40.6 Å². The van der Waals surface area contributed by atoms with Crippen molar-refractivity contribution >= 4 is 29.1 Å². The van der Waals surface area contributed by atoms with E-state index in [2.05, 4.69) is 9.97 Å². The Labute approximate surface area is 181 Å². The van der Waals surface area contributed by atoms with E-state index in [1.807, 2.05) is 19.0 Å². The Hall–Kier alpha value is -2.77. The summed E-state index contributed by atoms with van der Waals surface area (Å²) in [5.74, 6) is -1.04. The van der Waals surface area contributed by atoms with Crippen LogP contribution in [0.4, 0.5) is 0 Å². The highest BCUT2D eigenvalue weighted by atomic mass is 35.5. The fraction of sp³-hybridized carbons (Fsp3) is 0.364. The van der Waals surface area contributed by atoms with Crippen LogP contribution >= 0.6 is 11.6 Å². The minimum Gasteiger partial charge on any atom is -0.507 e. The van der Waals surface area contributed by atoms with Crippen LogP contribution in [0, 0.1) is 13.8 Å². The molecule has 2 heterocycles. The van der Waals surface area contributed by atoms with Gasteiger partial charge in [-0.1, -0.05) is 23.7 Å². The first kappa shape index (κ1) is 21.9. The van der Waals surface area contributed by atoms with Crippen molar-refractivity contribution in [2.75, 3.05) is 27.2 Å². The van der Waals surface area contributed by atoms with Crippen LogP contribution in [-0.2, 0) is 9.59 Å². The number of rotatable bonds is 6. The molecule has 30 heavy (non-hydrogen) atoms. The van der Waals surface area contributed by atoms with Crippen LogP contribution in [0.15, 0.2) is 36.0 Å². The van der Waals surface area contributed by atoms with Crippen molar-refractivity contribution in [3.05, 3.63) is 63.7 Å². The van der Waals surface area contributed by atoms with Gasteiger partial charge in [0.2, 0.25) is 0 Å². The van der Waals surface area contributed by atoms with Crippen molar-refractivity contribution in [2.45, 2.75) is 26.3 Å². The second-order valence-electron chi connectivity index (χ2n) is 7.62. The number of carbonyl (C=O) groups excluding carboxylic acids is 2. The second-order valence-corrected chi connectivity index (χ2v) is 8.05. The van der Waals surface area contributed by atoms with Crippen molar-refractivity contribution < 1.29 is 14.7 Å². The molecule has 1 amide bonds. The van der Waals surface area contributed by atoms with E-state index in [1.165, 1.54) is 11.1 Å². The molecule has 0 saturated carbocycles. The minimum absolute atomic E-state index is 0.0442. The molecule has 1 aliphatic rings. The van der Waals surface area contributed by atoms with Gasteiger partial charge in [0, 0.05) is 17.8 Å². The van der Waals surface area contributed by atoms with Crippen LogP contribution < -0.4 is 0 Å². The molecule has 3 rings (SSSR count). The summed E-state index contributed by atoms with van der Waals surface area (Å²) < 4.78 is 0. The van der Waals surface area contributed by atoms with E-state index >= 15 is 0 Å². The molecule has 1 N–H and O–H groups in total. The normalized spacial score (nSPS) is 18.5. The maximum Gasteiger partial charge on any atom is 0.295 e. The summed E-state index contributed by atoms with van der Waals surface area (Å²) in [6.45, 7) is 4.62. The highest BCUT2D eigenvalue weighted by molar-refractivity contribution is 6.46. The lowest BCUT2D eigenvalue weighted by atomic mass is 9.95. The molecule has 7 nitrogen and oxygen atoms in total. The molecule has 2 aromatic rings. The number of ketones is 1. The van der Waals surface area contributed by atoms with Gasteiger partial charge in [-0.25, -0.2) is 9.97 Å². The predicted molar refractivity (Wildman–Crippen MR) is 115 cm³/mol. The topological polar surface area (TPSA) is 86.6 Å². The number of aromatic nitrogens is 2. The number of aryl methyl sites for hydroxylation is 2. The van der Waals surface area contributed by atoms with Crippen molar-refractivity contribution in [1.82, 2.24) is 19.8 Å². The van der Waals surface area contributed by atoms with Crippen molar-refractivity contribution in [1.29, 1.82) is 0 Å². The van der Waals surface area contributed by atoms with Crippen LogP contribution in [-0.4, -0.2) is 63.7 Å². The van der Waals surface area contributed by atoms with E-state index in [-0.39, 0.29) is 11.3 Å². The summed E-state index contributed by atoms with van der Waals surface area (Å²) in [5, 5.41) is 11.6. The van der Waals surface area contributed by atoms with Gasteiger partial charge in [-0.05, 0) is 58.6 Å². The highest BCUT2D eigenvalue weighted by Crippen LogP contribution is 2.39. The molecular weight excluding hydrogens is 404 g/mol. The zero-order valence-electron chi connectivity index (χ0n) is 17.5. The van der Waals surface area contributed by atoms with Crippen LogP contribution in [0.25, 0.3) is 5.76 Å². The number of aliphatic hydroxyl groups is 1. The third-order valence-corrected chi connectivity index (χ3v) is 5.34. The summed E-state index contributed by atoms with van der Waals surface area (Å²) >= 11 is 6.03. The van der Waals surface area contributed by atoms with Gasteiger partial charge in [-0.2, -0.15) is 0 Å². The van der Waals surface area contributed by atoms with Gasteiger partial charge < -0.3 is 14.9 Å². The molecule has 1 aliphatic heterocycles. The Kier molecular flexibility index (Phi) is 6.53. The molecule has 8 heteroatoms. The smallest absolute Gasteiger partial charge is 0.295 e. The van der Waals surface area contributed by atoms with Crippen molar-refractivity contribution in [3.8, 4) is 0 Å². The molecule has 0 aliphatic carbocycles. The summed E-state index contributed by atoms with van der Waals surface area (Å²) in [5.41, 5.74) is 1.62. The summed E-state index contributed by atoms with van der Waals surface area (Å²) in [7, 11) is 3.90. The van der Waals surface area contributed by atoms with Crippen molar-refractivity contribution in [2.24, 2.45) is 0 Å². The maximum absolute atomic E-state index is 13.0. The standard InChI is InChI=1S/C22H25ClN4O3/c1-13-17(12-24-14(2)25-13)20(28)18-19(15-6-8-16(23)9-7-15)27(22(30)21(18)29)11-5-10-26(3)4/h6-9,12,19,28H,5,10-11H2,1-4H3/t19-/m0/s1. The first-order valence-electron chi connectivity index (χ1n) is 9.70. The number of hydrogen-bond acceptors (Lipinski definition) is 6. The maximum atomic E-state index is 13.0. The molecule has 1 aromatic carbocycles. The van der Waals surface area contributed by atoms with E-state index in [0.717, 1.165) is 6.54 Å². The number of amides is 1. The van der Waals surface area contributed by atoms with Gasteiger partial charge in [0.15, 0.2) is 0 Å². The van der Waals surface area contributed by atoms with Crippen molar-refractivity contribution in [3.63, 3.8) is 0 Å². The number of nitrogens with zero attached hydrogens (tertiary/aromatic N) is 4. The van der Waals surface area contributed by atoms with Crippen LogP contribution in [0.2, 0.25) is 5.02 Å². The Morgan fingerprint density at radius 1 is 1.20 bits per heavy atom. The minimum atomic E-state index is -0.711. The number of aliphatic hydroxyl groups excluding tert-OH is 1. The molecule has 1 atom stereocenters. The van der Waals surface area contributed by atoms with E-state index in [9.17, 15) is 14.7 Å². The third kappa shape index (κ3) is 4.37. The molecule has 0 radical (unpaired) electrons. The molecule has 0 bridgehead atoms. The number of benzene rings is 1. The molecule has 0 unspecified atom stereocenters. The Morgan fingerprint density at radius 2 is 1.87 bits per heavy atom. The number of Topliss-reactive ketones (excluding diaryl/α,β-unsaturated/α-hetero) is 1. The van der Waals surface area contributed by atoms with Gasteiger partial charge in [0.1, 0.15) is 11.6 Å². The molecule has 1 saturated heterocycles. The molecule has 1 fully saturated rings. The monoisotopic (exact) mass is 428 g/mol. The first-order chi connectivity index (χ1) is 14.2. The number of likely N-dealkylation sites (tertiary alicyclic amines) is 1. The fourth-order valence-electron chi connectivity index (χ4n) is 3.62. The number of hydrogen-bond donors (Lipinski definition) is 1.